The third-order valence-corrected chi connectivity index (χ3v) is 3.72. The summed E-state index contributed by atoms with van der Waals surface area (Å²) in [4.78, 5) is 0. The molecule has 1 fully saturated rings. The van der Waals surface area contributed by atoms with Crippen LogP contribution in [0.3, 0.4) is 0 Å². The predicted molar refractivity (Wildman–Crippen MR) is 63.6 cm³/mol. The molecule has 0 atom stereocenters. The van der Waals surface area contributed by atoms with Crippen molar-refractivity contribution in [2.45, 2.75) is 65.2 Å². The Morgan fingerprint density at radius 2 is 1.79 bits per heavy atom. The van der Waals surface area contributed by atoms with Gasteiger partial charge in [0.1, 0.15) is 0 Å². The van der Waals surface area contributed by atoms with E-state index in [0.717, 1.165) is 6.54 Å². The first kappa shape index (κ1) is 12.0. The van der Waals surface area contributed by atoms with Gasteiger partial charge in [-0.2, -0.15) is 0 Å². The van der Waals surface area contributed by atoms with Gasteiger partial charge in [-0.3, -0.25) is 0 Å². The Labute approximate surface area is 89.7 Å². The Morgan fingerprint density at radius 1 is 1.07 bits per heavy atom. The van der Waals surface area contributed by atoms with Crippen molar-refractivity contribution in [1.29, 1.82) is 0 Å². The van der Waals surface area contributed by atoms with Crippen molar-refractivity contribution >= 4 is 0 Å². The molecule has 84 valence electrons. The molecule has 1 N–H and O–H groups in total. The fourth-order valence-corrected chi connectivity index (χ4v) is 2.76. The molecule has 1 rings (SSSR count). The molecule has 0 spiro atoms. The van der Waals surface area contributed by atoms with Crippen molar-refractivity contribution in [2.75, 3.05) is 13.1 Å². The van der Waals surface area contributed by atoms with E-state index in [1.165, 1.54) is 57.9 Å². The fraction of sp³-hybridized carbons (Fsp3) is 1.00. The largest absolute Gasteiger partial charge is 0.316 e. The van der Waals surface area contributed by atoms with Crippen LogP contribution < -0.4 is 5.32 Å². The van der Waals surface area contributed by atoms with E-state index in [4.69, 9.17) is 0 Å². The minimum atomic E-state index is 0.671. The zero-order valence-electron chi connectivity index (χ0n) is 10.1. The summed E-state index contributed by atoms with van der Waals surface area (Å²) in [5.74, 6) is 0. The van der Waals surface area contributed by atoms with Crippen molar-refractivity contribution < 1.29 is 0 Å². The molecule has 0 unspecified atom stereocenters. The molecule has 0 aromatic rings. The molecule has 1 aliphatic rings. The lowest BCUT2D eigenvalue weighted by Crippen LogP contribution is -2.36. The number of nitrogens with one attached hydrogen (secondary N) is 1. The van der Waals surface area contributed by atoms with Gasteiger partial charge in [-0.25, -0.2) is 0 Å². The lowest BCUT2D eigenvalue weighted by Gasteiger charge is -2.37. The zero-order valence-corrected chi connectivity index (χ0v) is 10.1. The smallest absolute Gasteiger partial charge is 0.000769 e. The summed E-state index contributed by atoms with van der Waals surface area (Å²) in [6.07, 6.45) is 11.6. The van der Waals surface area contributed by atoms with Crippen molar-refractivity contribution in [2.24, 2.45) is 5.41 Å². The van der Waals surface area contributed by atoms with Gasteiger partial charge in [0.15, 0.2) is 0 Å². The minimum absolute atomic E-state index is 0.671. The second-order valence-corrected chi connectivity index (χ2v) is 4.94. The zero-order chi connectivity index (χ0) is 10.3. The van der Waals surface area contributed by atoms with E-state index >= 15 is 0 Å². The van der Waals surface area contributed by atoms with Crippen LogP contribution in [-0.2, 0) is 0 Å². The minimum Gasteiger partial charge on any atom is -0.316 e. The summed E-state index contributed by atoms with van der Waals surface area (Å²) < 4.78 is 0. The van der Waals surface area contributed by atoms with Gasteiger partial charge >= 0.3 is 0 Å². The first-order valence-electron chi connectivity index (χ1n) is 6.54. The van der Waals surface area contributed by atoms with Crippen molar-refractivity contribution in [3.8, 4) is 0 Å². The summed E-state index contributed by atoms with van der Waals surface area (Å²) in [5, 5.41) is 3.57. The van der Waals surface area contributed by atoms with Gasteiger partial charge in [0.2, 0.25) is 0 Å². The second kappa shape index (κ2) is 6.44. The van der Waals surface area contributed by atoms with E-state index < -0.39 is 0 Å². The standard InChI is InChI=1S/C13H27N/c1-3-5-9-13(12-14-4-2)10-7-6-8-11-13/h14H,3-12H2,1-2H3. The second-order valence-electron chi connectivity index (χ2n) is 4.94. The predicted octanol–water partition coefficient (Wildman–Crippen LogP) is 3.74. The molecule has 1 saturated carbocycles. The van der Waals surface area contributed by atoms with E-state index in [0.29, 0.717) is 5.41 Å². The van der Waals surface area contributed by atoms with Crippen molar-refractivity contribution in [1.82, 2.24) is 5.32 Å². The van der Waals surface area contributed by atoms with Gasteiger partial charge < -0.3 is 5.32 Å². The van der Waals surface area contributed by atoms with E-state index in [1.807, 2.05) is 0 Å². The summed E-state index contributed by atoms with van der Waals surface area (Å²) in [5.41, 5.74) is 0.671. The first-order valence-corrected chi connectivity index (χ1v) is 6.54. The topological polar surface area (TPSA) is 12.0 Å². The average Bonchev–Trinajstić information content (AvgIpc) is 2.25. The molecule has 0 aliphatic heterocycles. The Kier molecular flexibility index (Phi) is 5.54. The van der Waals surface area contributed by atoms with Gasteiger partial charge in [-0.1, -0.05) is 46.0 Å². The van der Waals surface area contributed by atoms with Crippen molar-refractivity contribution in [3.05, 3.63) is 0 Å². The fourth-order valence-electron chi connectivity index (χ4n) is 2.76. The lowest BCUT2D eigenvalue weighted by atomic mass is 9.71. The van der Waals surface area contributed by atoms with Gasteiger partial charge in [0, 0.05) is 6.54 Å². The SMILES string of the molecule is CCCCC1(CNCC)CCCCC1. The van der Waals surface area contributed by atoms with E-state index in [-0.39, 0.29) is 0 Å². The molecule has 0 heterocycles. The van der Waals surface area contributed by atoms with Crippen LogP contribution in [0, 0.1) is 5.41 Å². The van der Waals surface area contributed by atoms with Gasteiger partial charge in [-0.15, -0.1) is 0 Å². The summed E-state index contributed by atoms with van der Waals surface area (Å²) >= 11 is 0. The van der Waals surface area contributed by atoms with E-state index in [2.05, 4.69) is 19.2 Å². The molecule has 1 aliphatic carbocycles. The molecule has 1 heteroatoms. The summed E-state index contributed by atoms with van der Waals surface area (Å²) in [6, 6.07) is 0. The molecule has 0 amide bonds. The van der Waals surface area contributed by atoms with Crippen LogP contribution in [0.2, 0.25) is 0 Å². The molecular weight excluding hydrogens is 170 g/mol. The monoisotopic (exact) mass is 197 g/mol. The van der Waals surface area contributed by atoms with Gasteiger partial charge in [0.05, 0.1) is 0 Å². The van der Waals surface area contributed by atoms with E-state index in [9.17, 15) is 0 Å². The Morgan fingerprint density at radius 3 is 2.36 bits per heavy atom. The number of hydrogen-bond donors (Lipinski definition) is 1. The van der Waals surface area contributed by atoms with Crippen LogP contribution in [0.5, 0.6) is 0 Å². The highest BCUT2D eigenvalue weighted by Gasteiger charge is 2.30. The maximum absolute atomic E-state index is 3.57. The Hall–Kier alpha value is -0.0400. The normalized spacial score (nSPS) is 21.0. The van der Waals surface area contributed by atoms with Gasteiger partial charge in [-0.05, 0) is 31.2 Å². The number of unbranched alkanes of at least 4 members (excludes halogenated alkanes) is 1. The molecule has 0 aromatic heterocycles. The highest BCUT2D eigenvalue weighted by atomic mass is 14.9. The van der Waals surface area contributed by atoms with Crippen LogP contribution in [0.1, 0.15) is 65.2 Å². The number of rotatable bonds is 6. The Bertz CT molecular complexity index is 126. The van der Waals surface area contributed by atoms with Crippen LogP contribution in [-0.4, -0.2) is 13.1 Å². The third-order valence-electron chi connectivity index (χ3n) is 3.72. The molecule has 1 nitrogen and oxygen atoms in total. The third kappa shape index (κ3) is 3.61. The highest BCUT2D eigenvalue weighted by molar-refractivity contribution is 4.84. The lowest BCUT2D eigenvalue weighted by molar-refractivity contribution is 0.163. The van der Waals surface area contributed by atoms with Crippen LogP contribution in [0.15, 0.2) is 0 Å². The summed E-state index contributed by atoms with van der Waals surface area (Å²) in [7, 11) is 0. The molecule has 0 aromatic carbocycles. The average molecular weight is 197 g/mol. The van der Waals surface area contributed by atoms with Crippen LogP contribution in [0.25, 0.3) is 0 Å². The molecule has 14 heavy (non-hydrogen) atoms. The quantitative estimate of drug-likeness (QED) is 0.684. The van der Waals surface area contributed by atoms with Crippen molar-refractivity contribution in [3.63, 3.8) is 0 Å². The molecular formula is C13H27N. The van der Waals surface area contributed by atoms with Crippen LogP contribution in [0.4, 0.5) is 0 Å². The maximum Gasteiger partial charge on any atom is 0.000769 e. The molecule has 0 saturated heterocycles. The maximum atomic E-state index is 3.57. The van der Waals surface area contributed by atoms with Crippen LogP contribution >= 0.6 is 0 Å². The highest BCUT2D eigenvalue weighted by Crippen LogP contribution is 2.39. The van der Waals surface area contributed by atoms with Gasteiger partial charge in [0.25, 0.3) is 0 Å². The number of hydrogen-bond acceptors (Lipinski definition) is 1. The summed E-state index contributed by atoms with van der Waals surface area (Å²) in [6.45, 7) is 6.93. The van der Waals surface area contributed by atoms with E-state index in [1.54, 1.807) is 0 Å². The molecule has 0 bridgehead atoms. The molecule has 0 radical (unpaired) electrons. The first-order chi connectivity index (χ1) is 6.83. The Balaban J connectivity index is 2.39.